The first-order valence-electron chi connectivity index (χ1n) is 9.06. The molecule has 0 saturated carbocycles. The summed E-state index contributed by atoms with van der Waals surface area (Å²) in [5.41, 5.74) is 2.68. The van der Waals surface area contributed by atoms with Gasteiger partial charge in [0.1, 0.15) is 0 Å². The van der Waals surface area contributed by atoms with Gasteiger partial charge in [0, 0.05) is 32.4 Å². The maximum Gasteiger partial charge on any atom is 0.279 e. The van der Waals surface area contributed by atoms with Crippen molar-refractivity contribution < 1.29 is 4.79 Å². The minimum Gasteiger partial charge on any atom is -0.366 e. The SMILES string of the molecule is O=C(Nc1ccncc1N1CCNCC1)c1nnn(Cc2ccccc2)c1Cl. The van der Waals surface area contributed by atoms with Crippen LogP contribution in [0.3, 0.4) is 0 Å². The summed E-state index contributed by atoms with van der Waals surface area (Å²) in [5.74, 6) is -0.396. The van der Waals surface area contributed by atoms with Crippen molar-refractivity contribution in [3.05, 3.63) is 65.2 Å². The number of rotatable bonds is 5. The van der Waals surface area contributed by atoms with Crippen LogP contribution >= 0.6 is 11.6 Å². The maximum atomic E-state index is 12.8. The molecule has 0 unspecified atom stereocenters. The Labute approximate surface area is 167 Å². The van der Waals surface area contributed by atoms with E-state index in [0.717, 1.165) is 37.4 Å². The summed E-state index contributed by atoms with van der Waals surface area (Å²) >= 11 is 6.37. The zero-order valence-electron chi connectivity index (χ0n) is 15.2. The molecule has 0 bridgehead atoms. The lowest BCUT2D eigenvalue weighted by Crippen LogP contribution is -2.43. The molecule has 8 nitrogen and oxygen atoms in total. The molecule has 1 aliphatic heterocycles. The van der Waals surface area contributed by atoms with E-state index in [0.29, 0.717) is 12.2 Å². The van der Waals surface area contributed by atoms with E-state index in [1.54, 1.807) is 18.5 Å². The van der Waals surface area contributed by atoms with Crippen LogP contribution in [0.2, 0.25) is 5.15 Å². The predicted molar refractivity (Wildman–Crippen MR) is 108 cm³/mol. The molecule has 2 aromatic heterocycles. The van der Waals surface area contributed by atoms with Crippen LogP contribution in [0, 0.1) is 0 Å². The Morgan fingerprint density at radius 1 is 1.18 bits per heavy atom. The van der Waals surface area contributed by atoms with E-state index in [9.17, 15) is 4.79 Å². The van der Waals surface area contributed by atoms with Gasteiger partial charge in [-0.3, -0.25) is 9.78 Å². The number of piperazine rings is 1. The fraction of sp³-hybridized carbons (Fsp3) is 0.263. The number of aromatic nitrogens is 4. The smallest absolute Gasteiger partial charge is 0.279 e. The van der Waals surface area contributed by atoms with Crippen LogP contribution in [0.1, 0.15) is 16.1 Å². The van der Waals surface area contributed by atoms with Gasteiger partial charge in [-0.05, 0) is 11.6 Å². The van der Waals surface area contributed by atoms with Crippen LogP contribution in [-0.4, -0.2) is 52.1 Å². The average molecular weight is 398 g/mol. The summed E-state index contributed by atoms with van der Waals surface area (Å²) < 4.78 is 1.51. The number of hydrogen-bond donors (Lipinski definition) is 2. The van der Waals surface area contributed by atoms with E-state index in [4.69, 9.17) is 11.6 Å². The van der Waals surface area contributed by atoms with E-state index < -0.39 is 5.91 Å². The standard InChI is InChI=1S/C19H20ClN7O/c20-18-17(24-25-27(18)13-14-4-2-1-3-5-14)19(28)23-15-6-7-22-12-16(15)26-10-8-21-9-11-26/h1-7,12,21H,8-11,13H2,(H,22,23,28). The number of hydrogen-bond acceptors (Lipinski definition) is 6. The molecule has 2 N–H and O–H groups in total. The van der Waals surface area contributed by atoms with Crippen LogP contribution in [0.15, 0.2) is 48.8 Å². The Balaban J connectivity index is 1.52. The lowest BCUT2D eigenvalue weighted by atomic mass is 10.2. The van der Waals surface area contributed by atoms with Crippen molar-refractivity contribution in [2.75, 3.05) is 36.4 Å². The van der Waals surface area contributed by atoms with Gasteiger partial charge in [0.2, 0.25) is 0 Å². The number of carbonyl (C=O) groups excluding carboxylic acids is 1. The highest BCUT2D eigenvalue weighted by molar-refractivity contribution is 6.33. The summed E-state index contributed by atoms with van der Waals surface area (Å²) in [5, 5.41) is 14.4. The monoisotopic (exact) mass is 397 g/mol. The minimum atomic E-state index is -0.396. The lowest BCUT2D eigenvalue weighted by molar-refractivity contribution is 0.102. The Hall–Kier alpha value is -2.97. The lowest BCUT2D eigenvalue weighted by Gasteiger charge is -2.30. The third-order valence-electron chi connectivity index (χ3n) is 4.57. The first kappa shape index (κ1) is 18.4. The van der Waals surface area contributed by atoms with Crippen LogP contribution in [-0.2, 0) is 6.54 Å². The quantitative estimate of drug-likeness (QED) is 0.685. The van der Waals surface area contributed by atoms with E-state index in [1.807, 2.05) is 30.3 Å². The van der Waals surface area contributed by atoms with Gasteiger partial charge in [-0.25, -0.2) is 4.68 Å². The van der Waals surface area contributed by atoms with E-state index in [2.05, 4.69) is 30.8 Å². The van der Waals surface area contributed by atoms with Gasteiger partial charge in [-0.15, -0.1) is 5.10 Å². The van der Waals surface area contributed by atoms with Gasteiger partial charge in [0.05, 0.1) is 24.1 Å². The molecule has 0 atom stereocenters. The Bertz CT molecular complexity index is 954. The third kappa shape index (κ3) is 3.97. The van der Waals surface area contributed by atoms with Crippen LogP contribution < -0.4 is 15.5 Å². The number of benzene rings is 1. The van der Waals surface area contributed by atoms with E-state index >= 15 is 0 Å². The van der Waals surface area contributed by atoms with Gasteiger partial charge in [-0.2, -0.15) is 0 Å². The first-order valence-corrected chi connectivity index (χ1v) is 9.44. The van der Waals surface area contributed by atoms with Gasteiger partial charge in [0.15, 0.2) is 10.8 Å². The second kappa shape index (κ2) is 8.37. The van der Waals surface area contributed by atoms with Crippen molar-refractivity contribution in [3.63, 3.8) is 0 Å². The van der Waals surface area contributed by atoms with Crippen molar-refractivity contribution in [2.45, 2.75) is 6.54 Å². The molecule has 4 rings (SSSR count). The number of halogens is 1. The third-order valence-corrected chi connectivity index (χ3v) is 4.94. The molecular weight excluding hydrogens is 378 g/mol. The molecule has 0 spiro atoms. The fourth-order valence-corrected chi connectivity index (χ4v) is 3.35. The topological polar surface area (TPSA) is 88.0 Å². The van der Waals surface area contributed by atoms with Gasteiger partial charge in [-0.1, -0.05) is 47.1 Å². The zero-order valence-corrected chi connectivity index (χ0v) is 15.9. The molecule has 9 heteroatoms. The van der Waals surface area contributed by atoms with Crippen molar-refractivity contribution in [1.29, 1.82) is 0 Å². The van der Waals surface area contributed by atoms with Crippen LogP contribution in [0.25, 0.3) is 0 Å². The molecule has 1 aliphatic rings. The molecule has 144 valence electrons. The molecule has 28 heavy (non-hydrogen) atoms. The number of amides is 1. The van der Waals surface area contributed by atoms with Crippen LogP contribution in [0.5, 0.6) is 0 Å². The molecule has 1 fully saturated rings. The normalized spacial score (nSPS) is 14.1. The van der Waals surface area contributed by atoms with Gasteiger partial charge >= 0.3 is 0 Å². The van der Waals surface area contributed by atoms with Crippen molar-refractivity contribution in [1.82, 2.24) is 25.3 Å². The molecule has 1 amide bonds. The summed E-state index contributed by atoms with van der Waals surface area (Å²) in [6, 6.07) is 11.5. The van der Waals surface area contributed by atoms with Gasteiger partial charge < -0.3 is 15.5 Å². The molecule has 3 heterocycles. The van der Waals surface area contributed by atoms with Crippen molar-refractivity contribution >= 4 is 28.9 Å². The number of nitrogens with zero attached hydrogens (tertiary/aromatic N) is 5. The molecule has 0 aliphatic carbocycles. The average Bonchev–Trinajstić information content (AvgIpc) is 3.10. The second-order valence-corrected chi connectivity index (χ2v) is 6.81. The molecule has 1 aromatic carbocycles. The Morgan fingerprint density at radius 3 is 2.75 bits per heavy atom. The number of pyridine rings is 1. The second-order valence-electron chi connectivity index (χ2n) is 6.46. The summed E-state index contributed by atoms with van der Waals surface area (Å²) in [6.07, 6.45) is 3.41. The zero-order chi connectivity index (χ0) is 19.3. The highest BCUT2D eigenvalue weighted by Gasteiger charge is 2.21. The highest BCUT2D eigenvalue weighted by Crippen LogP contribution is 2.26. The first-order chi connectivity index (χ1) is 13.7. The molecular formula is C19H20ClN7O. The minimum absolute atomic E-state index is 0.0978. The molecule has 1 saturated heterocycles. The van der Waals surface area contributed by atoms with Crippen molar-refractivity contribution in [2.24, 2.45) is 0 Å². The Kier molecular flexibility index (Phi) is 5.50. The number of carbonyl (C=O) groups is 1. The van der Waals surface area contributed by atoms with E-state index in [-0.39, 0.29) is 10.8 Å². The summed E-state index contributed by atoms with van der Waals surface area (Å²) in [6.45, 7) is 3.93. The summed E-state index contributed by atoms with van der Waals surface area (Å²) in [4.78, 5) is 19.2. The van der Waals surface area contributed by atoms with Crippen LogP contribution in [0.4, 0.5) is 11.4 Å². The summed E-state index contributed by atoms with van der Waals surface area (Å²) in [7, 11) is 0. The predicted octanol–water partition coefficient (Wildman–Crippen LogP) is 2.04. The Morgan fingerprint density at radius 2 is 1.96 bits per heavy atom. The van der Waals surface area contributed by atoms with E-state index in [1.165, 1.54) is 4.68 Å². The number of anilines is 2. The van der Waals surface area contributed by atoms with Gasteiger partial charge in [0.25, 0.3) is 5.91 Å². The largest absolute Gasteiger partial charge is 0.366 e. The number of nitrogens with one attached hydrogen (secondary N) is 2. The fourth-order valence-electron chi connectivity index (χ4n) is 3.13. The maximum absolute atomic E-state index is 12.8. The van der Waals surface area contributed by atoms with Crippen molar-refractivity contribution in [3.8, 4) is 0 Å². The highest BCUT2D eigenvalue weighted by atomic mass is 35.5. The molecule has 3 aromatic rings. The molecule has 0 radical (unpaired) electrons.